The Morgan fingerprint density at radius 3 is 2.43 bits per heavy atom. The van der Waals surface area contributed by atoms with Crippen molar-refractivity contribution < 1.29 is 14.6 Å². The number of ether oxygens (including phenoxy) is 2. The van der Waals surface area contributed by atoms with Crippen LogP contribution in [-0.2, 0) is 0 Å². The number of halogens is 1. The summed E-state index contributed by atoms with van der Waals surface area (Å²) in [6.07, 6.45) is -0.519. The third kappa shape index (κ3) is 2.39. The molecule has 0 spiro atoms. The van der Waals surface area contributed by atoms with Crippen LogP contribution >= 0.6 is 15.9 Å². The van der Waals surface area contributed by atoms with Crippen molar-refractivity contribution in [3.63, 3.8) is 0 Å². The fourth-order valence-corrected chi connectivity index (χ4v) is 1.52. The van der Waals surface area contributed by atoms with Crippen LogP contribution in [0, 0.1) is 0 Å². The molecule has 4 heteroatoms. The van der Waals surface area contributed by atoms with Crippen LogP contribution in [0.25, 0.3) is 0 Å². The van der Waals surface area contributed by atoms with E-state index in [2.05, 4.69) is 15.9 Å². The number of hydrogen-bond acceptors (Lipinski definition) is 3. The molecule has 0 bridgehead atoms. The Bertz CT molecular complexity index is 301. The van der Waals surface area contributed by atoms with Gasteiger partial charge in [-0.2, -0.15) is 0 Å². The molecule has 0 saturated heterocycles. The molecule has 1 aromatic carbocycles. The summed E-state index contributed by atoms with van der Waals surface area (Å²) in [7, 11) is 3.15. The molecule has 78 valence electrons. The van der Waals surface area contributed by atoms with Crippen molar-refractivity contribution in [2.75, 3.05) is 19.5 Å². The molecule has 1 rings (SSSR count). The van der Waals surface area contributed by atoms with Gasteiger partial charge in [-0.05, 0) is 17.7 Å². The Kier molecular flexibility index (Phi) is 4.22. The third-order valence-corrected chi connectivity index (χ3v) is 2.55. The smallest absolute Gasteiger partial charge is 0.161 e. The van der Waals surface area contributed by atoms with Crippen molar-refractivity contribution in [1.29, 1.82) is 0 Å². The summed E-state index contributed by atoms with van der Waals surface area (Å²) >= 11 is 3.21. The standard InChI is InChI=1S/C10H13BrO3/c1-13-9-4-3-7(8(12)6-11)5-10(9)14-2/h3-5,8,12H,6H2,1-2H3/t8-/m0/s1. The van der Waals surface area contributed by atoms with Gasteiger partial charge in [-0.15, -0.1) is 0 Å². The summed E-state index contributed by atoms with van der Waals surface area (Å²) in [5, 5.41) is 10.1. The first-order chi connectivity index (χ1) is 6.72. The van der Waals surface area contributed by atoms with Gasteiger partial charge in [-0.3, -0.25) is 0 Å². The van der Waals surface area contributed by atoms with E-state index in [4.69, 9.17) is 9.47 Å². The molecule has 0 aliphatic rings. The van der Waals surface area contributed by atoms with E-state index < -0.39 is 6.10 Å². The average Bonchev–Trinajstić information content (AvgIpc) is 2.26. The Morgan fingerprint density at radius 2 is 1.93 bits per heavy atom. The minimum atomic E-state index is -0.519. The minimum absolute atomic E-state index is 0.502. The lowest BCUT2D eigenvalue weighted by molar-refractivity contribution is 0.204. The Labute approximate surface area is 91.8 Å². The lowest BCUT2D eigenvalue weighted by Crippen LogP contribution is -1.99. The van der Waals surface area contributed by atoms with Crippen LogP contribution in [-0.4, -0.2) is 24.7 Å². The van der Waals surface area contributed by atoms with E-state index in [1.807, 2.05) is 6.07 Å². The Balaban J connectivity index is 3.01. The molecule has 0 heterocycles. The highest BCUT2D eigenvalue weighted by molar-refractivity contribution is 9.09. The first-order valence-electron chi connectivity index (χ1n) is 4.19. The summed E-state index contributed by atoms with van der Waals surface area (Å²) in [4.78, 5) is 0. The average molecular weight is 261 g/mol. The van der Waals surface area contributed by atoms with E-state index in [1.165, 1.54) is 0 Å². The molecule has 1 atom stereocenters. The van der Waals surface area contributed by atoms with Crippen molar-refractivity contribution in [2.45, 2.75) is 6.10 Å². The second-order valence-electron chi connectivity index (χ2n) is 2.78. The van der Waals surface area contributed by atoms with E-state index >= 15 is 0 Å². The summed E-state index contributed by atoms with van der Waals surface area (Å²) in [5.41, 5.74) is 0.805. The first-order valence-corrected chi connectivity index (χ1v) is 5.31. The quantitative estimate of drug-likeness (QED) is 0.844. The van der Waals surface area contributed by atoms with Gasteiger partial charge in [0.15, 0.2) is 11.5 Å². The van der Waals surface area contributed by atoms with Crippen molar-refractivity contribution in [2.24, 2.45) is 0 Å². The van der Waals surface area contributed by atoms with E-state index in [-0.39, 0.29) is 0 Å². The monoisotopic (exact) mass is 260 g/mol. The van der Waals surface area contributed by atoms with Crippen LogP contribution in [0.1, 0.15) is 11.7 Å². The molecular weight excluding hydrogens is 248 g/mol. The minimum Gasteiger partial charge on any atom is -0.493 e. The zero-order valence-corrected chi connectivity index (χ0v) is 9.74. The van der Waals surface area contributed by atoms with Gasteiger partial charge in [0.2, 0.25) is 0 Å². The number of hydrogen-bond donors (Lipinski definition) is 1. The topological polar surface area (TPSA) is 38.7 Å². The maximum absolute atomic E-state index is 9.57. The maximum Gasteiger partial charge on any atom is 0.161 e. The molecule has 0 unspecified atom stereocenters. The van der Waals surface area contributed by atoms with Crippen molar-refractivity contribution >= 4 is 15.9 Å². The zero-order valence-electron chi connectivity index (χ0n) is 8.16. The molecule has 0 aliphatic carbocycles. The van der Waals surface area contributed by atoms with Gasteiger partial charge in [0, 0.05) is 5.33 Å². The van der Waals surface area contributed by atoms with Crippen LogP contribution in [0.3, 0.4) is 0 Å². The molecule has 0 aromatic heterocycles. The van der Waals surface area contributed by atoms with Crippen LogP contribution in [0.15, 0.2) is 18.2 Å². The van der Waals surface area contributed by atoms with E-state index in [1.54, 1.807) is 26.4 Å². The highest BCUT2D eigenvalue weighted by atomic mass is 79.9. The lowest BCUT2D eigenvalue weighted by Gasteiger charge is -2.11. The third-order valence-electron chi connectivity index (χ3n) is 1.94. The van der Waals surface area contributed by atoms with Gasteiger partial charge >= 0.3 is 0 Å². The number of aliphatic hydroxyl groups is 1. The SMILES string of the molecule is COc1ccc([C@@H](O)CBr)cc1OC. The van der Waals surface area contributed by atoms with Gasteiger partial charge in [0.25, 0.3) is 0 Å². The Morgan fingerprint density at radius 1 is 1.29 bits per heavy atom. The molecule has 0 radical (unpaired) electrons. The van der Waals surface area contributed by atoms with Crippen molar-refractivity contribution in [1.82, 2.24) is 0 Å². The number of rotatable bonds is 4. The van der Waals surface area contributed by atoms with Crippen molar-refractivity contribution in [3.05, 3.63) is 23.8 Å². The second kappa shape index (κ2) is 5.22. The largest absolute Gasteiger partial charge is 0.493 e. The van der Waals surface area contributed by atoms with Gasteiger partial charge in [0.05, 0.1) is 20.3 Å². The van der Waals surface area contributed by atoms with Crippen LogP contribution in [0.2, 0.25) is 0 Å². The molecule has 0 amide bonds. The molecule has 0 aliphatic heterocycles. The summed E-state index contributed by atoms with van der Waals surface area (Å²) < 4.78 is 10.2. The summed E-state index contributed by atoms with van der Waals surface area (Å²) in [6.45, 7) is 0. The lowest BCUT2D eigenvalue weighted by atomic mass is 10.1. The Hall–Kier alpha value is -0.740. The van der Waals surface area contributed by atoms with Crippen LogP contribution < -0.4 is 9.47 Å². The van der Waals surface area contributed by atoms with Gasteiger partial charge in [-0.1, -0.05) is 22.0 Å². The number of methoxy groups -OCH3 is 2. The van der Waals surface area contributed by atoms with Gasteiger partial charge in [-0.25, -0.2) is 0 Å². The predicted octanol–water partition coefficient (Wildman–Crippen LogP) is 2.13. The van der Waals surface area contributed by atoms with Gasteiger partial charge in [0.1, 0.15) is 0 Å². The second-order valence-corrected chi connectivity index (χ2v) is 3.43. The number of benzene rings is 1. The van der Waals surface area contributed by atoms with E-state index in [0.29, 0.717) is 16.8 Å². The maximum atomic E-state index is 9.57. The van der Waals surface area contributed by atoms with Gasteiger partial charge < -0.3 is 14.6 Å². The normalized spacial score (nSPS) is 12.3. The molecule has 3 nitrogen and oxygen atoms in total. The van der Waals surface area contributed by atoms with E-state index in [9.17, 15) is 5.11 Å². The van der Waals surface area contributed by atoms with Crippen LogP contribution in [0.5, 0.6) is 11.5 Å². The zero-order chi connectivity index (χ0) is 10.6. The molecule has 0 saturated carbocycles. The molecule has 14 heavy (non-hydrogen) atoms. The molecular formula is C10H13BrO3. The first kappa shape index (κ1) is 11.3. The van der Waals surface area contributed by atoms with Crippen LogP contribution in [0.4, 0.5) is 0 Å². The molecule has 0 fully saturated rings. The molecule has 1 N–H and O–H groups in total. The summed E-state index contributed by atoms with van der Waals surface area (Å²) in [5.74, 6) is 1.29. The highest BCUT2D eigenvalue weighted by Crippen LogP contribution is 2.30. The fraction of sp³-hybridized carbons (Fsp3) is 0.400. The van der Waals surface area contributed by atoms with E-state index in [0.717, 1.165) is 5.56 Å². The highest BCUT2D eigenvalue weighted by Gasteiger charge is 2.09. The summed E-state index contributed by atoms with van der Waals surface area (Å²) in [6, 6.07) is 5.36. The fourth-order valence-electron chi connectivity index (χ4n) is 1.15. The predicted molar refractivity (Wildman–Crippen MR) is 58.3 cm³/mol. The number of aliphatic hydroxyl groups excluding tert-OH is 1. The van der Waals surface area contributed by atoms with Crippen molar-refractivity contribution in [3.8, 4) is 11.5 Å². The molecule has 1 aromatic rings. The number of alkyl halides is 1.